The number of benzene rings is 2. The summed E-state index contributed by atoms with van der Waals surface area (Å²) in [6, 6.07) is 14.7. The number of Topliss-reactive ketones (excluding diaryl/α,β-unsaturated/α-hetero) is 1. The number of amides is 1. The van der Waals surface area contributed by atoms with Gasteiger partial charge in [0.05, 0.1) is 22.7 Å². The minimum Gasteiger partial charge on any atom is -0.350 e. The quantitative estimate of drug-likeness (QED) is 0.322. The normalized spacial score (nSPS) is 15.1. The molecule has 0 aliphatic heterocycles. The zero-order chi connectivity index (χ0) is 22.7. The van der Waals surface area contributed by atoms with Crippen LogP contribution in [-0.2, 0) is 4.79 Å². The Bertz CT molecular complexity index is 1200. The van der Waals surface area contributed by atoms with E-state index in [0.717, 1.165) is 31.2 Å². The van der Waals surface area contributed by atoms with E-state index in [1.165, 1.54) is 18.7 Å². The molecule has 1 fully saturated rings. The third-order valence-electron chi connectivity index (χ3n) is 5.95. The van der Waals surface area contributed by atoms with Gasteiger partial charge in [0.15, 0.2) is 10.9 Å². The second-order valence-electron chi connectivity index (χ2n) is 8.28. The number of aromatic nitrogens is 2. The lowest BCUT2D eigenvalue weighted by Crippen LogP contribution is -2.26. The van der Waals surface area contributed by atoms with Crippen molar-refractivity contribution in [1.82, 2.24) is 14.9 Å². The van der Waals surface area contributed by atoms with Crippen LogP contribution in [-0.4, -0.2) is 27.0 Å². The van der Waals surface area contributed by atoms with Crippen molar-refractivity contribution in [2.75, 3.05) is 5.75 Å². The smallest absolute Gasteiger partial charge is 0.262 e. The number of ketones is 1. The second-order valence-corrected chi connectivity index (χ2v) is 9.22. The first-order valence-corrected chi connectivity index (χ1v) is 12.0. The lowest BCUT2D eigenvalue weighted by atomic mass is 10.0. The zero-order valence-electron chi connectivity index (χ0n) is 18.3. The summed E-state index contributed by atoms with van der Waals surface area (Å²) in [5, 5.41) is 4.08. The molecular weight excluding hydrogens is 422 g/mol. The van der Waals surface area contributed by atoms with Gasteiger partial charge in [-0.25, -0.2) is 4.98 Å². The van der Waals surface area contributed by atoms with Crippen molar-refractivity contribution in [3.63, 3.8) is 0 Å². The molecule has 4 rings (SSSR count). The Morgan fingerprint density at radius 3 is 2.50 bits per heavy atom. The Morgan fingerprint density at radius 1 is 1.12 bits per heavy atom. The number of hydrogen-bond donors (Lipinski definition) is 1. The van der Waals surface area contributed by atoms with Gasteiger partial charge in [-0.1, -0.05) is 61.0 Å². The fourth-order valence-electron chi connectivity index (χ4n) is 4.27. The first-order valence-electron chi connectivity index (χ1n) is 11.0. The van der Waals surface area contributed by atoms with Gasteiger partial charge in [-0.05, 0) is 37.5 Å². The standard InChI is InChI=1S/C25H27N3O3S/c1-16(26-17(2)29)18-11-13-19(14-12-18)23(30)15-32-25-27-22-10-6-5-9-21(22)24(31)28(25)20-7-3-4-8-20/h5-6,9-14,16,20H,3-4,7-8,15H2,1-2H3,(H,26,29). The van der Waals surface area contributed by atoms with E-state index < -0.39 is 0 Å². The topological polar surface area (TPSA) is 81.1 Å². The molecule has 0 bridgehead atoms. The van der Waals surface area contributed by atoms with Crippen molar-refractivity contribution < 1.29 is 9.59 Å². The van der Waals surface area contributed by atoms with E-state index in [0.29, 0.717) is 21.6 Å². The van der Waals surface area contributed by atoms with Crippen LogP contribution < -0.4 is 10.9 Å². The van der Waals surface area contributed by atoms with Gasteiger partial charge in [0.1, 0.15) is 0 Å². The van der Waals surface area contributed by atoms with Gasteiger partial charge in [0.25, 0.3) is 5.56 Å². The van der Waals surface area contributed by atoms with Crippen molar-refractivity contribution in [3.8, 4) is 0 Å². The summed E-state index contributed by atoms with van der Waals surface area (Å²) in [5.41, 5.74) is 2.19. The monoisotopic (exact) mass is 449 g/mol. The molecule has 1 aromatic heterocycles. The molecule has 1 saturated carbocycles. The van der Waals surface area contributed by atoms with E-state index in [2.05, 4.69) is 5.32 Å². The average molecular weight is 450 g/mol. The Hall–Kier alpha value is -2.93. The summed E-state index contributed by atoms with van der Waals surface area (Å²) >= 11 is 1.33. The van der Waals surface area contributed by atoms with E-state index in [-0.39, 0.29) is 35.1 Å². The third kappa shape index (κ3) is 4.78. The fourth-order valence-corrected chi connectivity index (χ4v) is 5.23. The lowest BCUT2D eigenvalue weighted by molar-refractivity contribution is -0.119. The van der Waals surface area contributed by atoms with Crippen molar-refractivity contribution in [1.29, 1.82) is 0 Å². The van der Waals surface area contributed by atoms with Gasteiger partial charge in [-0.15, -0.1) is 0 Å². The summed E-state index contributed by atoms with van der Waals surface area (Å²) in [4.78, 5) is 42.1. The van der Waals surface area contributed by atoms with Crippen LogP contribution in [0.1, 0.15) is 67.5 Å². The molecule has 1 aliphatic carbocycles. The Morgan fingerprint density at radius 2 is 1.81 bits per heavy atom. The first kappa shape index (κ1) is 22.3. The highest BCUT2D eigenvalue weighted by atomic mass is 32.2. The molecule has 1 N–H and O–H groups in total. The maximum atomic E-state index is 13.2. The third-order valence-corrected chi connectivity index (χ3v) is 6.90. The molecule has 1 aliphatic rings. The molecule has 1 atom stereocenters. The highest BCUT2D eigenvalue weighted by Crippen LogP contribution is 2.32. The number of para-hydroxylation sites is 1. The van der Waals surface area contributed by atoms with Crippen LogP contribution in [0.25, 0.3) is 10.9 Å². The summed E-state index contributed by atoms with van der Waals surface area (Å²) in [6.07, 6.45) is 4.15. The van der Waals surface area contributed by atoms with Gasteiger partial charge in [0, 0.05) is 18.5 Å². The van der Waals surface area contributed by atoms with Gasteiger partial charge < -0.3 is 5.32 Å². The van der Waals surface area contributed by atoms with E-state index in [9.17, 15) is 14.4 Å². The average Bonchev–Trinajstić information content (AvgIpc) is 3.31. The number of fused-ring (bicyclic) bond motifs is 1. The summed E-state index contributed by atoms with van der Waals surface area (Å²) < 4.78 is 1.81. The summed E-state index contributed by atoms with van der Waals surface area (Å²) in [5.74, 6) is 0.0947. The number of rotatable bonds is 7. The molecule has 166 valence electrons. The SMILES string of the molecule is CC(=O)NC(C)c1ccc(C(=O)CSc2nc3ccccc3c(=O)n2C2CCCC2)cc1. The van der Waals surface area contributed by atoms with Crippen molar-refractivity contribution in [2.45, 2.75) is 56.8 Å². The van der Waals surface area contributed by atoms with Crippen molar-refractivity contribution >= 4 is 34.4 Å². The molecule has 0 spiro atoms. The van der Waals surface area contributed by atoms with Crippen molar-refractivity contribution in [3.05, 3.63) is 70.0 Å². The van der Waals surface area contributed by atoms with Gasteiger partial charge in [-0.2, -0.15) is 0 Å². The minimum absolute atomic E-state index is 0.0193. The molecule has 1 unspecified atom stereocenters. The molecule has 1 heterocycles. The van der Waals surface area contributed by atoms with E-state index >= 15 is 0 Å². The fraction of sp³-hybridized carbons (Fsp3) is 0.360. The maximum Gasteiger partial charge on any atom is 0.262 e. The minimum atomic E-state index is -0.117. The first-order chi connectivity index (χ1) is 15.4. The van der Waals surface area contributed by atoms with Crippen LogP contribution in [0, 0.1) is 0 Å². The maximum absolute atomic E-state index is 13.2. The number of nitrogens with one attached hydrogen (secondary N) is 1. The number of thioether (sulfide) groups is 1. The van der Waals surface area contributed by atoms with Gasteiger partial charge in [-0.3, -0.25) is 19.0 Å². The van der Waals surface area contributed by atoms with Crippen LogP contribution in [0.15, 0.2) is 58.5 Å². The van der Waals surface area contributed by atoms with E-state index in [1.54, 1.807) is 12.1 Å². The van der Waals surface area contributed by atoms with Crippen LogP contribution in [0.5, 0.6) is 0 Å². The van der Waals surface area contributed by atoms with E-state index in [4.69, 9.17) is 4.98 Å². The Kier molecular flexibility index (Phi) is 6.74. The number of carbonyl (C=O) groups is 2. The highest BCUT2D eigenvalue weighted by Gasteiger charge is 2.23. The molecule has 7 heteroatoms. The summed E-state index contributed by atoms with van der Waals surface area (Å²) in [6.45, 7) is 3.39. The van der Waals surface area contributed by atoms with Crippen LogP contribution >= 0.6 is 11.8 Å². The largest absolute Gasteiger partial charge is 0.350 e. The Balaban J connectivity index is 1.55. The molecule has 32 heavy (non-hydrogen) atoms. The molecule has 1 amide bonds. The Labute approximate surface area is 191 Å². The van der Waals surface area contributed by atoms with E-state index in [1.807, 2.05) is 47.9 Å². The van der Waals surface area contributed by atoms with Crippen LogP contribution in [0.2, 0.25) is 0 Å². The van der Waals surface area contributed by atoms with Crippen LogP contribution in [0.3, 0.4) is 0 Å². The highest BCUT2D eigenvalue weighted by molar-refractivity contribution is 7.99. The van der Waals surface area contributed by atoms with Gasteiger partial charge >= 0.3 is 0 Å². The molecule has 2 aromatic carbocycles. The molecule has 0 radical (unpaired) electrons. The molecule has 3 aromatic rings. The number of hydrogen-bond acceptors (Lipinski definition) is 5. The van der Waals surface area contributed by atoms with Crippen LogP contribution in [0.4, 0.5) is 0 Å². The number of carbonyl (C=O) groups excluding carboxylic acids is 2. The lowest BCUT2D eigenvalue weighted by Gasteiger charge is -2.18. The van der Waals surface area contributed by atoms with Crippen molar-refractivity contribution in [2.24, 2.45) is 0 Å². The molecule has 0 saturated heterocycles. The number of nitrogens with zero attached hydrogens (tertiary/aromatic N) is 2. The summed E-state index contributed by atoms with van der Waals surface area (Å²) in [7, 11) is 0. The molecular formula is C25H27N3O3S. The predicted molar refractivity (Wildman–Crippen MR) is 127 cm³/mol. The van der Waals surface area contributed by atoms with Gasteiger partial charge in [0.2, 0.25) is 5.91 Å². The second kappa shape index (κ2) is 9.69. The zero-order valence-corrected chi connectivity index (χ0v) is 19.2. The predicted octanol–water partition coefficient (Wildman–Crippen LogP) is 4.68. The molecule has 6 nitrogen and oxygen atoms in total.